The van der Waals surface area contributed by atoms with E-state index >= 15 is 0 Å². The van der Waals surface area contributed by atoms with E-state index in [0.29, 0.717) is 12.6 Å². The molecule has 0 aliphatic heterocycles. The number of hydrogen-bond acceptors (Lipinski definition) is 2. The zero-order chi connectivity index (χ0) is 14.5. The zero-order valence-electron chi connectivity index (χ0n) is 12.3. The lowest BCUT2D eigenvalue weighted by Gasteiger charge is -2.27. The molecular formula is C17H21N3O. The molecule has 0 fully saturated rings. The Kier molecular flexibility index (Phi) is 4.24. The van der Waals surface area contributed by atoms with Crippen LogP contribution in [0.15, 0.2) is 52.1 Å². The molecule has 1 atom stereocenters. The van der Waals surface area contributed by atoms with Crippen molar-refractivity contribution < 1.29 is 4.42 Å². The van der Waals surface area contributed by atoms with Crippen LogP contribution in [-0.2, 0) is 19.4 Å². The van der Waals surface area contributed by atoms with Crippen molar-refractivity contribution in [3.05, 3.63) is 59.5 Å². The summed E-state index contributed by atoms with van der Waals surface area (Å²) in [4.78, 5) is 4.29. The fraction of sp³-hybridized carbons (Fsp3) is 0.353. The van der Waals surface area contributed by atoms with E-state index < -0.39 is 0 Å². The van der Waals surface area contributed by atoms with E-state index in [0.717, 1.165) is 31.0 Å². The van der Waals surface area contributed by atoms with Gasteiger partial charge in [-0.15, -0.1) is 0 Å². The number of fused-ring (bicyclic) bond motifs is 1. The molecule has 0 spiro atoms. The minimum Gasteiger partial charge on any atom is -0.467 e. The molecule has 0 bridgehead atoms. The number of nitrogens with one attached hydrogen (secondary N) is 2. The van der Waals surface area contributed by atoms with Crippen LogP contribution < -0.4 is 10.6 Å². The lowest BCUT2D eigenvalue weighted by molar-refractivity contribution is 0.492. The van der Waals surface area contributed by atoms with E-state index in [1.165, 1.54) is 11.1 Å². The van der Waals surface area contributed by atoms with E-state index in [4.69, 9.17) is 4.42 Å². The van der Waals surface area contributed by atoms with Crippen LogP contribution in [0, 0.1) is 0 Å². The van der Waals surface area contributed by atoms with Crippen molar-refractivity contribution in [3.63, 3.8) is 0 Å². The first-order chi connectivity index (χ1) is 10.3. The maximum absolute atomic E-state index is 5.32. The average molecular weight is 283 g/mol. The molecule has 0 radical (unpaired) electrons. The quantitative estimate of drug-likeness (QED) is 0.672. The second-order valence-corrected chi connectivity index (χ2v) is 5.36. The normalized spacial score (nSPS) is 18.1. The van der Waals surface area contributed by atoms with Crippen molar-refractivity contribution in [3.8, 4) is 0 Å². The monoisotopic (exact) mass is 283 g/mol. The van der Waals surface area contributed by atoms with Gasteiger partial charge in [-0.1, -0.05) is 24.3 Å². The van der Waals surface area contributed by atoms with Gasteiger partial charge in [0, 0.05) is 13.1 Å². The van der Waals surface area contributed by atoms with Gasteiger partial charge >= 0.3 is 0 Å². The van der Waals surface area contributed by atoms with Gasteiger partial charge in [0.2, 0.25) is 0 Å². The van der Waals surface area contributed by atoms with Crippen molar-refractivity contribution in [2.24, 2.45) is 4.99 Å². The minimum atomic E-state index is 0.433. The third kappa shape index (κ3) is 3.45. The second-order valence-electron chi connectivity index (χ2n) is 5.36. The van der Waals surface area contributed by atoms with E-state index in [-0.39, 0.29) is 0 Å². The Balaban J connectivity index is 1.56. The lowest BCUT2D eigenvalue weighted by Crippen LogP contribution is -2.45. The minimum absolute atomic E-state index is 0.433. The summed E-state index contributed by atoms with van der Waals surface area (Å²) in [6, 6.07) is 13.0. The van der Waals surface area contributed by atoms with E-state index in [2.05, 4.69) is 39.9 Å². The summed E-state index contributed by atoms with van der Waals surface area (Å²) in [6.07, 6.45) is 5.00. The Labute approximate surface area is 125 Å². The van der Waals surface area contributed by atoms with Crippen molar-refractivity contribution in [2.45, 2.75) is 31.8 Å². The van der Waals surface area contributed by atoms with Gasteiger partial charge in [0.25, 0.3) is 0 Å². The number of nitrogens with zero attached hydrogens (tertiary/aromatic N) is 1. The van der Waals surface area contributed by atoms with Crippen molar-refractivity contribution >= 4 is 5.96 Å². The largest absolute Gasteiger partial charge is 0.467 e. The summed E-state index contributed by atoms with van der Waals surface area (Å²) < 4.78 is 5.32. The van der Waals surface area contributed by atoms with Crippen LogP contribution in [0.4, 0.5) is 0 Å². The molecule has 4 heteroatoms. The van der Waals surface area contributed by atoms with Gasteiger partial charge in [-0.3, -0.25) is 4.99 Å². The molecule has 2 N–H and O–H groups in total. The van der Waals surface area contributed by atoms with Crippen molar-refractivity contribution in [1.29, 1.82) is 0 Å². The van der Waals surface area contributed by atoms with Crippen LogP contribution in [0.3, 0.4) is 0 Å². The summed E-state index contributed by atoms with van der Waals surface area (Å²) in [7, 11) is 1.80. The van der Waals surface area contributed by atoms with Gasteiger partial charge in [-0.2, -0.15) is 0 Å². The van der Waals surface area contributed by atoms with Gasteiger partial charge in [0.05, 0.1) is 12.8 Å². The van der Waals surface area contributed by atoms with Gasteiger partial charge in [0.1, 0.15) is 5.76 Å². The molecule has 0 saturated heterocycles. The molecule has 1 aromatic carbocycles. The predicted octanol–water partition coefficient (Wildman–Crippen LogP) is 2.50. The second kappa shape index (κ2) is 6.48. The summed E-state index contributed by atoms with van der Waals surface area (Å²) in [5.74, 6) is 1.74. The highest BCUT2D eigenvalue weighted by molar-refractivity contribution is 5.80. The smallest absolute Gasteiger partial charge is 0.191 e. The number of rotatable bonds is 3. The summed E-state index contributed by atoms with van der Waals surface area (Å²) >= 11 is 0. The molecule has 1 aromatic heterocycles. The topological polar surface area (TPSA) is 49.6 Å². The number of aliphatic imine (C=N–C) groups is 1. The number of guanidine groups is 1. The standard InChI is InChI=1S/C17H21N3O/c1-18-17(19-12-16-7-4-10-21-16)20-15-9-8-13-5-2-3-6-14(13)11-15/h2-7,10,15H,8-9,11-12H2,1H3,(H2,18,19,20). The molecule has 2 aromatic rings. The van der Waals surface area contributed by atoms with Crippen LogP contribution in [0.25, 0.3) is 0 Å². The summed E-state index contributed by atoms with van der Waals surface area (Å²) in [5.41, 5.74) is 2.93. The Bertz CT molecular complexity index is 604. The first kappa shape index (κ1) is 13.7. The molecule has 3 rings (SSSR count). The molecule has 4 nitrogen and oxygen atoms in total. The number of aryl methyl sites for hydroxylation is 1. The molecular weight excluding hydrogens is 262 g/mol. The molecule has 1 heterocycles. The molecule has 110 valence electrons. The molecule has 1 unspecified atom stereocenters. The number of hydrogen-bond donors (Lipinski definition) is 2. The van der Waals surface area contributed by atoms with Crippen LogP contribution in [0.5, 0.6) is 0 Å². The highest BCUT2D eigenvalue weighted by Crippen LogP contribution is 2.20. The van der Waals surface area contributed by atoms with E-state index in [1.54, 1.807) is 13.3 Å². The Morgan fingerprint density at radius 2 is 2.10 bits per heavy atom. The van der Waals surface area contributed by atoms with Crippen LogP contribution in [0.2, 0.25) is 0 Å². The maximum atomic E-state index is 5.32. The summed E-state index contributed by atoms with van der Waals surface area (Å²) in [5, 5.41) is 6.79. The molecule has 1 aliphatic carbocycles. The highest BCUT2D eigenvalue weighted by atomic mass is 16.3. The maximum Gasteiger partial charge on any atom is 0.191 e. The van der Waals surface area contributed by atoms with Gasteiger partial charge in [-0.05, 0) is 42.5 Å². The first-order valence-electron chi connectivity index (χ1n) is 7.41. The predicted molar refractivity (Wildman–Crippen MR) is 84.3 cm³/mol. The molecule has 21 heavy (non-hydrogen) atoms. The van der Waals surface area contributed by atoms with Gasteiger partial charge in [-0.25, -0.2) is 0 Å². The van der Waals surface area contributed by atoms with Crippen molar-refractivity contribution in [1.82, 2.24) is 10.6 Å². The first-order valence-corrected chi connectivity index (χ1v) is 7.41. The van der Waals surface area contributed by atoms with Gasteiger partial charge in [0.15, 0.2) is 5.96 Å². The Morgan fingerprint density at radius 1 is 1.24 bits per heavy atom. The number of furan rings is 1. The van der Waals surface area contributed by atoms with E-state index in [9.17, 15) is 0 Å². The lowest BCUT2D eigenvalue weighted by atomic mass is 9.88. The van der Waals surface area contributed by atoms with Gasteiger partial charge < -0.3 is 15.1 Å². The van der Waals surface area contributed by atoms with Crippen molar-refractivity contribution in [2.75, 3.05) is 7.05 Å². The van der Waals surface area contributed by atoms with Crippen LogP contribution in [0.1, 0.15) is 23.3 Å². The fourth-order valence-electron chi connectivity index (χ4n) is 2.79. The zero-order valence-corrected chi connectivity index (χ0v) is 12.3. The SMILES string of the molecule is CN=C(NCc1ccco1)NC1CCc2ccccc2C1. The third-order valence-electron chi connectivity index (χ3n) is 3.92. The average Bonchev–Trinajstić information content (AvgIpc) is 3.04. The Hall–Kier alpha value is -2.23. The molecule has 0 amide bonds. The fourth-order valence-corrected chi connectivity index (χ4v) is 2.79. The molecule has 0 saturated carbocycles. The Morgan fingerprint density at radius 3 is 2.86 bits per heavy atom. The molecule has 1 aliphatic rings. The third-order valence-corrected chi connectivity index (χ3v) is 3.92. The van der Waals surface area contributed by atoms with Crippen LogP contribution >= 0.6 is 0 Å². The summed E-state index contributed by atoms with van der Waals surface area (Å²) in [6.45, 7) is 0.649. The number of benzene rings is 1. The van der Waals surface area contributed by atoms with Crippen LogP contribution in [-0.4, -0.2) is 19.0 Å². The van der Waals surface area contributed by atoms with E-state index in [1.807, 2.05) is 12.1 Å². The highest BCUT2D eigenvalue weighted by Gasteiger charge is 2.18.